The molecule has 66 valence electrons. The second kappa shape index (κ2) is 3.85. The first-order valence-corrected chi connectivity index (χ1v) is 5.09. The Morgan fingerprint density at radius 3 is 2.58 bits per heavy atom. The van der Waals surface area contributed by atoms with Gasteiger partial charge in [-0.1, -0.05) is 19.9 Å². The van der Waals surface area contributed by atoms with Crippen molar-refractivity contribution in [2.24, 2.45) is 0 Å². The smallest absolute Gasteiger partial charge is 0.0903 e. The Hall–Kier alpha value is -0.630. The molecule has 1 aromatic rings. The molecular formula is C10H15NS. The molecular weight excluding hydrogens is 166 g/mol. The first kappa shape index (κ1) is 9.46. The molecule has 0 saturated carbocycles. The highest BCUT2D eigenvalue weighted by Gasteiger charge is 2.06. The van der Waals surface area contributed by atoms with Crippen LogP contribution in [0.2, 0.25) is 0 Å². The van der Waals surface area contributed by atoms with Gasteiger partial charge in [0.1, 0.15) is 0 Å². The molecule has 0 bridgehead atoms. The molecule has 0 amide bonds. The van der Waals surface area contributed by atoms with Crippen LogP contribution >= 0.6 is 11.3 Å². The average Bonchev–Trinajstić information content (AvgIpc) is 2.30. The van der Waals surface area contributed by atoms with E-state index in [0.29, 0.717) is 0 Å². The van der Waals surface area contributed by atoms with Gasteiger partial charge in [0.15, 0.2) is 0 Å². The van der Waals surface area contributed by atoms with Crippen molar-refractivity contribution in [1.82, 2.24) is 4.98 Å². The van der Waals surface area contributed by atoms with E-state index in [0.717, 1.165) is 23.5 Å². The summed E-state index contributed by atoms with van der Waals surface area (Å²) in [6.45, 7) is 10.3. The third-order valence-corrected chi connectivity index (χ3v) is 2.95. The van der Waals surface area contributed by atoms with Crippen molar-refractivity contribution in [3.63, 3.8) is 0 Å². The zero-order valence-corrected chi connectivity index (χ0v) is 8.79. The number of rotatable bonds is 3. The Morgan fingerprint density at radius 2 is 2.17 bits per heavy atom. The van der Waals surface area contributed by atoms with E-state index in [1.54, 1.807) is 11.3 Å². The van der Waals surface area contributed by atoms with Gasteiger partial charge < -0.3 is 0 Å². The molecule has 1 rings (SSSR count). The van der Waals surface area contributed by atoms with Crippen LogP contribution in [0.5, 0.6) is 0 Å². The van der Waals surface area contributed by atoms with Crippen molar-refractivity contribution in [3.8, 4) is 0 Å². The van der Waals surface area contributed by atoms with Gasteiger partial charge in [-0.25, -0.2) is 4.98 Å². The van der Waals surface area contributed by atoms with Gasteiger partial charge in [0, 0.05) is 0 Å². The van der Waals surface area contributed by atoms with Gasteiger partial charge in [-0.2, -0.15) is 0 Å². The Kier molecular flexibility index (Phi) is 3.04. The Labute approximate surface area is 78.2 Å². The summed E-state index contributed by atoms with van der Waals surface area (Å²) < 4.78 is 0. The highest BCUT2D eigenvalue weighted by Crippen LogP contribution is 2.27. The second-order valence-corrected chi connectivity index (χ2v) is 4.20. The predicted molar refractivity (Wildman–Crippen MR) is 55.5 cm³/mol. The van der Waals surface area contributed by atoms with Crippen LogP contribution in [0.15, 0.2) is 6.58 Å². The van der Waals surface area contributed by atoms with Crippen LogP contribution in [0.4, 0.5) is 0 Å². The molecule has 0 saturated heterocycles. The zero-order valence-electron chi connectivity index (χ0n) is 7.98. The first-order chi connectivity index (χ1) is 5.65. The lowest BCUT2D eigenvalue weighted by Crippen LogP contribution is -1.81. The average molecular weight is 181 g/mol. The topological polar surface area (TPSA) is 12.9 Å². The van der Waals surface area contributed by atoms with Gasteiger partial charge in [0.05, 0.1) is 15.6 Å². The molecule has 12 heavy (non-hydrogen) atoms. The number of hydrogen-bond donors (Lipinski definition) is 0. The molecule has 1 heterocycles. The van der Waals surface area contributed by atoms with Gasteiger partial charge in [0.25, 0.3) is 0 Å². The van der Waals surface area contributed by atoms with Crippen LogP contribution in [-0.4, -0.2) is 4.98 Å². The first-order valence-electron chi connectivity index (χ1n) is 4.27. The van der Waals surface area contributed by atoms with E-state index in [-0.39, 0.29) is 0 Å². The van der Waals surface area contributed by atoms with E-state index in [1.807, 2.05) is 6.92 Å². The third-order valence-electron chi connectivity index (χ3n) is 1.78. The minimum Gasteiger partial charge on any atom is -0.246 e. The SMILES string of the molecule is C=C(CCC)c1sc(C)nc1C. The minimum atomic E-state index is 1.09. The quantitative estimate of drug-likeness (QED) is 0.694. The summed E-state index contributed by atoms with van der Waals surface area (Å²) in [6.07, 6.45) is 2.25. The van der Waals surface area contributed by atoms with Crippen molar-refractivity contribution in [2.75, 3.05) is 0 Å². The Balaban J connectivity index is 2.87. The molecule has 0 aliphatic carbocycles. The van der Waals surface area contributed by atoms with Crippen LogP contribution in [0.3, 0.4) is 0 Å². The molecule has 2 heteroatoms. The number of allylic oxidation sites excluding steroid dienone is 1. The fraction of sp³-hybridized carbons (Fsp3) is 0.500. The van der Waals surface area contributed by atoms with Gasteiger partial charge in [0.2, 0.25) is 0 Å². The summed E-state index contributed by atoms with van der Waals surface area (Å²) in [5.41, 5.74) is 2.37. The maximum atomic E-state index is 4.37. The minimum absolute atomic E-state index is 1.09. The lowest BCUT2D eigenvalue weighted by atomic mass is 10.1. The lowest BCUT2D eigenvalue weighted by molar-refractivity contribution is 0.975. The van der Waals surface area contributed by atoms with Crippen molar-refractivity contribution >= 4 is 16.9 Å². The van der Waals surface area contributed by atoms with Crippen LogP contribution < -0.4 is 0 Å². The monoisotopic (exact) mass is 181 g/mol. The summed E-state index contributed by atoms with van der Waals surface area (Å²) in [6, 6.07) is 0. The fourth-order valence-corrected chi connectivity index (χ4v) is 2.19. The van der Waals surface area contributed by atoms with Crippen molar-refractivity contribution in [2.45, 2.75) is 33.6 Å². The van der Waals surface area contributed by atoms with E-state index in [4.69, 9.17) is 0 Å². The highest BCUT2D eigenvalue weighted by atomic mass is 32.1. The van der Waals surface area contributed by atoms with Crippen LogP contribution in [0, 0.1) is 13.8 Å². The molecule has 0 unspecified atom stereocenters. The number of thiazole rings is 1. The van der Waals surface area contributed by atoms with E-state index in [9.17, 15) is 0 Å². The van der Waals surface area contributed by atoms with Gasteiger partial charge in [-0.15, -0.1) is 11.3 Å². The third kappa shape index (κ3) is 1.95. The molecule has 0 aromatic carbocycles. The van der Waals surface area contributed by atoms with Crippen LogP contribution in [0.1, 0.15) is 35.3 Å². The normalized spacial score (nSPS) is 10.2. The van der Waals surface area contributed by atoms with Crippen LogP contribution in [-0.2, 0) is 0 Å². The predicted octanol–water partition coefficient (Wildman–Crippen LogP) is 3.57. The lowest BCUT2D eigenvalue weighted by Gasteiger charge is -1.99. The summed E-state index contributed by atoms with van der Waals surface area (Å²) >= 11 is 1.75. The maximum Gasteiger partial charge on any atom is 0.0903 e. The standard InChI is InChI=1S/C10H15NS/c1-5-6-7(2)10-8(3)11-9(4)12-10/h2,5-6H2,1,3-4H3. The number of aromatic nitrogens is 1. The van der Waals surface area contributed by atoms with Gasteiger partial charge >= 0.3 is 0 Å². The van der Waals surface area contributed by atoms with E-state index >= 15 is 0 Å². The Bertz CT molecular complexity index is 286. The molecule has 0 spiro atoms. The van der Waals surface area contributed by atoms with E-state index in [2.05, 4.69) is 25.4 Å². The zero-order chi connectivity index (χ0) is 9.14. The molecule has 0 aliphatic heterocycles. The maximum absolute atomic E-state index is 4.37. The largest absolute Gasteiger partial charge is 0.246 e. The van der Waals surface area contributed by atoms with Crippen molar-refractivity contribution in [3.05, 3.63) is 22.2 Å². The molecule has 0 aliphatic rings. The number of nitrogens with zero attached hydrogens (tertiary/aromatic N) is 1. The summed E-state index contributed by atoms with van der Waals surface area (Å²) in [5.74, 6) is 0. The van der Waals surface area contributed by atoms with Gasteiger partial charge in [-0.05, 0) is 25.8 Å². The Morgan fingerprint density at radius 1 is 1.50 bits per heavy atom. The summed E-state index contributed by atoms with van der Waals surface area (Å²) in [5, 5.41) is 1.14. The molecule has 0 N–H and O–H groups in total. The molecule has 1 aromatic heterocycles. The fourth-order valence-electron chi connectivity index (χ4n) is 1.27. The van der Waals surface area contributed by atoms with E-state index in [1.165, 1.54) is 10.5 Å². The molecule has 0 radical (unpaired) electrons. The molecule has 1 nitrogen and oxygen atoms in total. The van der Waals surface area contributed by atoms with Crippen molar-refractivity contribution < 1.29 is 0 Å². The summed E-state index contributed by atoms with van der Waals surface area (Å²) in [4.78, 5) is 5.66. The van der Waals surface area contributed by atoms with E-state index < -0.39 is 0 Å². The second-order valence-electron chi connectivity index (χ2n) is 3.00. The number of hydrogen-bond acceptors (Lipinski definition) is 2. The van der Waals surface area contributed by atoms with Gasteiger partial charge in [-0.3, -0.25) is 0 Å². The van der Waals surface area contributed by atoms with Crippen LogP contribution in [0.25, 0.3) is 5.57 Å². The number of aryl methyl sites for hydroxylation is 2. The highest BCUT2D eigenvalue weighted by molar-refractivity contribution is 7.12. The molecule has 0 atom stereocenters. The summed E-state index contributed by atoms with van der Waals surface area (Å²) in [7, 11) is 0. The van der Waals surface area contributed by atoms with Crippen molar-refractivity contribution in [1.29, 1.82) is 0 Å². The molecule has 0 fully saturated rings.